The van der Waals surface area contributed by atoms with Crippen molar-refractivity contribution in [3.05, 3.63) is 77.0 Å². The number of fused-ring (bicyclic) bond motifs is 3. The lowest BCUT2D eigenvalue weighted by atomic mass is 9.96. The minimum Gasteiger partial charge on any atom is -0.489 e. The molecular weight excluding hydrogens is 538 g/mol. The number of aryl methyl sites for hydroxylation is 2. The molecule has 214 valence electrons. The van der Waals surface area contributed by atoms with E-state index in [-0.39, 0.29) is 35.9 Å². The molecule has 1 aromatic heterocycles. The summed E-state index contributed by atoms with van der Waals surface area (Å²) in [5, 5.41) is 0. The molecule has 7 nitrogen and oxygen atoms in total. The number of nitrogens with zero attached hydrogens (tertiary/aromatic N) is 1. The fraction of sp³-hybridized carbons (Fsp3) is 0.394. The highest BCUT2D eigenvalue weighted by Gasteiger charge is 2.26. The molecule has 1 aliphatic heterocycles. The Hall–Kier alpha value is -3.83. The maximum Gasteiger partial charge on any atom is 0.307 e. The summed E-state index contributed by atoms with van der Waals surface area (Å²) in [4.78, 5) is 16.6. The Morgan fingerprint density at radius 1 is 1.02 bits per heavy atom. The topological polar surface area (TPSA) is 91.8 Å². The van der Waals surface area contributed by atoms with Gasteiger partial charge in [-0.3, -0.25) is 4.79 Å². The first-order chi connectivity index (χ1) is 19.8. The van der Waals surface area contributed by atoms with Crippen molar-refractivity contribution in [2.24, 2.45) is 0 Å². The molecule has 3 aromatic rings. The van der Waals surface area contributed by atoms with Gasteiger partial charge in [0.25, 0.3) is 0 Å². The first kappa shape index (κ1) is 28.7. The lowest BCUT2D eigenvalue weighted by Gasteiger charge is -2.23. The number of sulfone groups is 1. The van der Waals surface area contributed by atoms with Crippen LogP contribution in [0, 0.1) is 11.8 Å². The largest absolute Gasteiger partial charge is 0.489 e. The Bertz CT molecular complexity index is 1560. The molecule has 8 heteroatoms. The Morgan fingerprint density at radius 3 is 2.54 bits per heavy atom. The molecule has 0 spiro atoms. The highest BCUT2D eigenvalue weighted by Crippen LogP contribution is 2.34. The van der Waals surface area contributed by atoms with Gasteiger partial charge in [0.05, 0.1) is 36.6 Å². The Kier molecular flexibility index (Phi) is 8.94. The van der Waals surface area contributed by atoms with Gasteiger partial charge in [-0.15, -0.1) is 5.92 Å². The number of pyridine rings is 1. The summed E-state index contributed by atoms with van der Waals surface area (Å²) >= 11 is 0. The van der Waals surface area contributed by atoms with Crippen LogP contribution in [0.4, 0.5) is 0 Å². The second kappa shape index (κ2) is 12.8. The third kappa shape index (κ3) is 7.28. The van der Waals surface area contributed by atoms with Gasteiger partial charge in [-0.2, -0.15) is 0 Å². The monoisotopic (exact) mass is 573 g/mol. The van der Waals surface area contributed by atoms with Gasteiger partial charge < -0.3 is 14.2 Å². The number of rotatable bonds is 8. The molecule has 41 heavy (non-hydrogen) atoms. The van der Waals surface area contributed by atoms with Crippen LogP contribution in [0.15, 0.2) is 54.6 Å². The van der Waals surface area contributed by atoms with Crippen molar-refractivity contribution in [2.45, 2.75) is 64.1 Å². The predicted octanol–water partition coefficient (Wildman–Crippen LogP) is 5.44. The normalized spacial score (nSPS) is 16.6. The second-order valence-electron chi connectivity index (χ2n) is 10.5. The molecule has 2 aromatic carbocycles. The first-order valence-electron chi connectivity index (χ1n) is 14.0. The molecule has 0 bridgehead atoms. The predicted molar refractivity (Wildman–Crippen MR) is 158 cm³/mol. The molecule has 5 rings (SSSR count). The Labute approximate surface area is 242 Å². The average molecular weight is 574 g/mol. The zero-order valence-corrected chi connectivity index (χ0v) is 24.3. The summed E-state index contributed by atoms with van der Waals surface area (Å²) in [6.07, 6.45) is 3.95. The summed E-state index contributed by atoms with van der Waals surface area (Å²) in [5.74, 6) is 7.13. The molecule has 0 radical (unpaired) electrons. The van der Waals surface area contributed by atoms with Crippen LogP contribution in [0.5, 0.6) is 11.6 Å². The van der Waals surface area contributed by atoms with Crippen LogP contribution >= 0.6 is 0 Å². The van der Waals surface area contributed by atoms with E-state index in [2.05, 4.69) is 36.1 Å². The fourth-order valence-electron chi connectivity index (χ4n) is 5.41. The van der Waals surface area contributed by atoms with E-state index < -0.39 is 9.84 Å². The van der Waals surface area contributed by atoms with Crippen molar-refractivity contribution >= 4 is 15.8 Å². The van der Waals surface area contributed by atoms with Gasteiger partial charge in [-0.25, -0.2) is 13.4 Å². The van der Waals surface area contributed by atoms with Crippen molar-refractivity contribution in [3.63, 3.8) is 0 Å². The number of hydrogen-bond donors (Lipinski definition) is 0. The lowest BCUT2D eigenvalue weighted by molar-refractivity contribution is -0.140. The van der Waals surface area contributed by atoms with Crippen molar-refractivity contribution < 1.29 is 27.4 Å². The molecule has 1 fully saturated rings. The van der Waals surface area contributed by atoms with Crippen molar-refractivity contribution in [2.75, 3.05) is 18.6 Å². The van der Waals surface area contributed by atoms with Gasteiger partial charge in [0.2, 0.25) is 5.88 Å². The number of aromatic nitrogens is 1. The smallest absolute Gasteiger partial charge is 0.307 e. The third-order valence-corrected chi connectivity index (χ3v) is 9.38. The molecule has 0 N–H and O–H groups in total. The number of benzene rings is 2. The third-order valence-electron chi connectivity index (χ3n) is 7.67. The number of esters is 1. The van der Waals surface area contributed by atoms with Gasteiger partial charge >= 0.3 is 5.97 Å². The van der Waals surface area contributed by atoms with Crippen molar-refractivity contribution in [1.82, 2.24) is 4.98 Å². The summed E-state index contributed by atoms with van der Waals surface area (Å²) < 4.78 is 40.5. The molecular formula is C33H35NO6S. The molecule has 0 amide bonds. The maximum absolute atomic E-state index is 11.8. The van der Waals surface area contributed by atoms with Crippen molar-refractivity contribution in [3.8, 4) is 34.6 Å². The highest BCUT2D eigenvalue weighted by molar-refractivity contribution is 7.91. The van der Waals surface area contributed by atoms with Crippen LogP contribution in [0.25, 0.3) is 11.1 Å². The Balaban J connectivity index is 1.27. The summed E-state index contributed by atoms with van der Waals surface area (Å²) in [7, 11) is -1.55. The SMILES string of the molecule is CC#CC(CC(=O)OC)c1ccc(OCc2ccc3c(c2)-c2ccc(OC4CCS(=O)(=O)CC4)nc2CCC3)cc1. The van der Waals surface area contributed by atoms with Crippen LogP contribution in [-0.4, -0.2) is 44.1 Å². The first-order valence-corrected chi connectivity index (χ1v) is 15.9. The standard InChI is InChI=1S/C33H35NO6S/c1-3-5-26(21-33(35)38-2)24-10-12-27(13-11-24)39-22-23-8-9-25-6-4-7-31-29(30(25)20-23)14-15-32(34-31)40-28-16-18-41(36,37)19-17-28/h8-15,20,26,28H,4,6-7,16-19,21-22H2,1-2H3. The van der Waals surface area contributed by atoms with E-state index in [1.54, 1.807) is 6.92 Å². The van der Waals surface area contributed by atoms with Crippen LogP contribution in [0.3, 0.4) is 0 Å². The van der Waals surface area contributed by atoms with E-state index >= 15 is 0 Å². The van der Waals surface area contributed by atoms with Crippen LogP contribution in [0.1, 0.15) is 60.9 Å². The zero-order valence-electron chi connectivity index (χ0n) is 23.5. The highest BCUT2D eigenvalue weighted by atomic mass is 32.2. The van der Waals surface area contributed by atoms with Gasteiger partial charge in [0.15, 0.2) is 9.84 Å². The molecule has 1 unspecified atom stereocenters. The van der Waals surface area contributed by atoms with Crippen LogP contribution in [0.2, 0.25) is 0 Å². The van der Waals surface area contributed by atoms with E-state index in [0.717, 1.165) is 47.4 Å². The minimum atomic E-state index is -2.93. The Morgan fingerprint density at radius 2 is 1.80 bits per heavy atom. The van der Waals surface area contributed by atoms with E-state index in [1.165, 1.54) is 18.2 Å². The van der Waals surface area contributed by atoms with E-state index in [1.807, 2.05) is 30.3 Å². The second-order valence-corrected chi connectivity index (χ2v) is 12.8. The zero-order chi connectivity index (χ0) is 28.8. The van der Waals surface area contributed by atoms with E-state index in [4.69, 9.17) is 19.2 Å². The number of hydrogen-bond acceptors (Lipinski definition) is 7. The number of ether oxygens (including phenoxy) is 3. The lowest BCUT2D eigenvalue weighted by Crippen LogP contribution is -2.30. The summed E-state index contributed by atoms with van der Waals surface area (Å²) in [5.41, 5.74) is 6.58. The number of carbonyl (C=O) groups is 1. The summed E-state index contributed by atoms with van der Waals surface area (Å²) in [6.45, 7) is 2.18. The molecule has 2 aliphatic rings. The van der Waals surface area contributed by atoms with E-state index in [9.17, 15) is 13.2 Å². The number of carbonyl (C=O) groups excluding carboxylic acids is 1. The van der Waals surface area contributed by atoms with Crippen molar-refractivity contribution in [1.29, 1.82) is 0 Å². The van der Waals surface area contributed by atoms with E-state index in [0.29, 0.717) is 25.3 Å². The van der Waals surface area contributed by atoms with Gasteiger partial charge in [0.1, 0.15) is 18.5 Å². The van der Waals surface area contributed by atoms with Crippen LogP contribution in [-0.2, 0) is 38.8 Å². The molecule has 2 heterocycles. The quantitative estimate of drug-likeness (QED) is 0.262. The fourth-order valence-corrected chi connectivity index (χ4v) is 6.86. The molecule has 1 aliphatic carbocycles. The molecule has 1 saturated heterocycles. The number of methoxy groups -OCH3 is 1. The van der Waals surface area contributed by atoms with Gasteiger partial charge in [-0.05, 0) is 85.5 Å². The average Bonchev–Trinajstić information content (AvgIpc) is 3.15. The van der Waals surface area contributed by atoms with Gasteiger partial charge in [-0.1, -0.05) is 30.2 Å². The molecule has 1 atom stereocenters. The molecule has 0 saturated carbocycles. The summed E-state index contributed by atoms with van der Waals surface area (Å²) in [6, 6.07) is 18.2. The minimum absolute atomic E-state index is 0.113. The van der Waals surface area contributed by atoms with Gasteiger partial charge in [0, 0.05) is 11.6 Å². The maximum atomic E-state index is 11.8. The van der Waals surface area contributed by atoms with Crippen LogP contribution < -0.4 is 9.47 Å².